The predicted octanol–water partition coefficient (Wildman–Crippen LogP) is 2.17. The first-order valence-electron chi connectivity index (χ1n) is 11.9. The number of rotatable bonds is 4. The predicted molar refractivity (Wildman–Crippen MR) is 137 cm³/mol. The van der Waals surface area contributed by atoms with Gasteiger partial charge >= 0.3 is 0 Å². The molecule has 1 aliphatic rings. The van der Waals surface area contributed by atoms with E-state index in [9.17, 15) is 9.59 Å². The van der Waals surface area contributed by atoms with Gasteiger partial charge in [0.1, 0.15) is 23.5 Å². The number of nitrogens with one attached hydrogen (secondary N) is 2. The number of carbonyl (C=O) groups excluding carboxylic acids is 2. The van der Waals surface area contributed by atoms with E-state index in [1.165, 1.54) is 11.3 Å². The van der Waals surface area contributed by atoms with Crippen molar-refractivity contribution in [3.8, 4) is 22.9 Å². The summed E-state index contributed by atoms with van der Waals surface area (Å²) in [6.45, 7) is 6.20. The molecule has 10 nitrogen and oxygen atoms in total. The SMILES string of the molecule is COc1ccc2cc1OCCN(Cc1nccs1)CC(=O)N[C@H](C(C)C)C(=O)NCCn1ccnc1-2. The van der Waals surface area contributed by atoms with E-state index in [1.807, 2.05) is 53.1 Å². The van der Waals surface area contributed by atoms with Crippen molar-refractivity contribution in [1.29, 1.82) is 0 Å². The van der Waals surface area contributed by atoms with E-state index in [-0.39, 0.29) is 24.3 Å². The molecular formula is C25H32N6O4S. The van der Waals surface area contributed by atoms with Gasteiger partial charge < -0.3 is 24.7 Å². The van der Waals surface area contributed by atoms with Crippen molar-refractivity contribution in [2.24, 2.45) is 5.92 Å². The number of carbonyl (C=O) groups is 2. The monoisotopic (exact) mass is 512 g/mol. The first kappa shape index (κ1) is 25.6. The second-order valence-corrected chi connectivity index (χ2v) is 9.85. The summed E-state index contributed by atoms with van der Waals surface area (Å²) in [7, 11) is 1.60. The fourth-order valence-corrected chi connectivity index (χ4v) is 4.72. The highest BCUT2D eigenvalue weighted by molar-refractivity contribution is 7.09. The lowest BCUT2D eigenvalue weighted by atomic mass is 10.0. The Labute approximate surface area is 214 Å². The maximum absolute atomic E-state index is 13.0. The van der Waals surface area contributed by atoms with Crippen LogP contribution in [-0.2, 0) is 22.7 Å². The highest BCUT2D eigenvalue weighted by atomic mass is 32.1. The molecule has 0 aliphatic carbocycles. The van der Waals surface area contributed by atoms with Gasteiger partial charge in [0.15, 0.2) is 11.5 Å². The molecule has 3 aromatic rings. The van der Waals surface area contributed by atoms with E-state index in [0.717, 1.165) is 16.4 Å². The number of methoxy groups -OCH3 is 1. The number of fused-ring (bicyclic) bond motifs is 4. The molecule has 2 bridgehead atoms. The van der Waals surface area contributed by atoms with Crippen LogP contribution in [0.4, 0.5) is 0 Å². The maximum Gasteiger partial charge on any atom is 0.242 e. The molecule has 1 aliphatic heterocycles. The van der Waals surface area contributed by atoms with Crippen molar-refractivity contribution >= 4 is 23.2 Å². The zero-order chi connectivity index (χ0) is 25.5. The van der Waals surface area contributed by atoms with Crippen LogP contribution >= 0.6 is 11.3 Å². The topological polar surface area (TPSA) is 111 Å². The average Bonchev–Trinajstić information content (AvgIpc) is 3.54. The third kappa shape index (κ3) is 6.41. The number of hydrogen-bond donors (Lipinski definition) is 2. The van der Waals surface area contributed by atoms with E-state index in [2.05, 4.69) is 20.6 Å². The van der Waals surface area contributed by atoms with Crippen LogP contribution in [0.2, 0.25) is 0 Å². The Morgan fingerprint density at radius 3 is 2.83 bits per heavy atom. The molecule has 1 aromatic carbocycles. The number of imidazole rings is 1. The lowest BCUT2D eigenvalue weighted by Gasteiger charge is -2.25. The smallest absolute Gasteiger partial charge is 0.242 e. The second-order valence-electron chi connectivity index (χ2n) is 8.88. The summed E-state index contributed by atoms with van der Waals surface area (Å²) in [5.74, 6) is 1.49. The summed E-state index contributed by atoms with van der Waals surface area (Å²) in [6, 6.07) is 5.06. The lowest BCUT2D eigenvalue weighted by Crippen LogP contribution is -2.52. The fraction of sp³-hybridized carbons (Fsp3) is 0.440. The molecule has 36 heavy (non-hydrogen) atoms. The van der Waals surface area contributed by atoms with Gasteiger partial charge in [0.05, 0.1) is 20.2 Å². The number of nitrogens with zero attached hydrogens (tertiary/aromatic N) is 4. The Morgan fingerprint density at radius 2 is 2.08 bits per heavy atom. The molecule has 3 heterocycles. The lowest BCUT2D eigenvalue weighted by molar-refractivity contribution is -0.130. The number of benzene rings is 1. The largest absolute Gasteiger partial charge is 0.493 e. The third-order valence-electron chi connectivity index (χ3n) is 5.93. The van der Waals surface area contributed by atoms with E-state index < -0.39 is 6.04 Å². The summed E-state index contributed by atoms with van der Waals surface area (Å²) in [5, 5.41) is 8.69. The minimum Gasteiger partial charge on any atom is -0.493 e. The zero-order valence-electron chi connectivity index (χ0n) is 20.8. The zero-order valence-corrected chi connectivity index (χ0v) is 21.6. The van der Waals surface area contributed by atoms with E-state index in [0.29, 0.717) is 44.3 Å². The van der Waals surface area contributed by atoms with Crippen LogP contribution in [0.15, 0.2) is 42.2 Å². The molecule has 4 rings (SSSR count). The molecule has 192 valence electrons. The van der Waals surface area contributed by atoms with Gasteiger partial charge in [-0.15, -0.1) is 11.3 Å². The third-order valence-corrected chi connectivity index (χ3v) is 6.69. The number of hydrogen-bond acceptors (Lipinski definition) is 8. The van der Waals surface area contributed by atoms with Gasteiger partial charge in [-0.1, -0.05) is 13.8 Å². The summed E-state index contributed by atoms with van der Waals surface area (Å²) >= 11 is 1.53. The van der Waals surface area contributed by atoms with Crippen LogP contribution in [-0.4, -0.2) is 70.6 Å². The van der Waals surface area contributed by atoms with Crippen LogP contribution in [0.5, 0.6) is 11.5 Å². The van der Waals surface area contributed by atoms with Crippen LogP contribution in [0, 0.1) is 5.92 Å². The summed E-state index contributed by atoms with van der Waals surface area (Å²) < 4.78 is 13.6. The van der Waals surface area contributed by atoms with E-state index in [1.54, 1.807) is 19.5 Å². The molecule has 0 fully saturated rings. The Bertz CT molecular complexity index is 1160. The summed E-state index contributed by atoms with van der Waals surface area (Å²) in [4.78, 5) is 36.8. The van der Waals surface area contributed by atoms with Crippen LogP contribution in [0.3, 0.4) is 0 Å². The summed E-state index contributed by atoms with van der Waals surface area (Å²) in [5.41, 5.74) is 0.878. The van der Waals surface area contributed by atoms with Gasteiger partial charge in [-0.2, -0.15) is 0 Å². The molecule has 0 saturated carbocycles. The van der Waals surface area contributed by atoms with Crippen molar-refractivity contribution in [3.63, 3.8) is 0 Å². The molecular weight excluding hydrogens is 480 g/mol. The second kappa shape index (κ2) is 12.0. The van der Waals surface area contributed by atoms with Gasteiger partial charge in [0.25, 0.3) is 0 Å². The van der Waals surface area contributed by atoms with Gasteiger partial charge in [0, 0.05) is 49.2 Å². The number of thiazole rings is 1. The Hall–Kier alpha value is -3.44. The number of aromatic nitrogens is 3. The maximum atomic E-state index is 13.0. The van der Waals surface area contributed by atoms with Crippen molar-refractivity contribution < 1.29 is 19.1 Å². The van der Waals surface area contributed by atoms with Gasteiger partial charge in [-0.3, -0.25) is 14.5 Å². The van der Waals surface area contributed by atoms with Crippen molar-refractivity contribution in [1.82, 2.24) is 30.1 Å². The molecule has 0 unspecified atom stereocenters. The molecule has 0 saturated heterocycles. The molecule has 0 spiro atoms. The Morgan fingerprint density at radius 1 is 1.22 bits per heavy atom. The molecule has 2 N–H and O–H groups in total. The van der Waals surface area contributed by atoms with Crippen molar-refractivity contribution in [2.45, 2.75) is 33.0 Å². The molecule has 2 amide bonds. The van der Waals surface area contributed by atoms with E-state index in [4.69, 9.17) is 9.47 Å². The first-order chi connectivity index (χ1) is 17.4. The van der Waals surface area contributed by atoms with Crippen LogP contribution < -0.4 is 20.1 Å². The van der Waals surface area contributed by atoms with Crippen LogP contribution in [0.25, 0.3) is 11.4 Å². The van der Waals surface area contributed by atoms with Gasteiger partial charge in [0.2, 0.25) is 11.8 Å². The minimum absolute atomic E-state index is 0.0653. The fourth-order valence-electron chi connectivity index (χ4n) is 4.07. The molecule has 0 radical (unpaired) electrons. The van der Waals surface area contributed by atoms with Crippen LogP contribution in [0.1, 0.15) is 18.9 Å². The van der Waals surface area contributed by atoms with Crippen molar-refractivity contribution in [3.05, 3.63) is 47.2 Å². The highest BCUT2D eigenvalue weighted by Gasteiger charge is 2.25. The molecule has 11 heteroatoms. The molecule has 1 atom stereocenters. The minimum atomic E-state index is -0.632. The normalized spacial score (nSPS) is 18.1. The Balaban J connectivity index is 1.62. The average molecular weight is 513 g/mol. The standard InChI is InChI=1S/C25H32N6O4S/c1-17(2)23-25(33)28-7-10-31-9-6-27-24(31)18-4-5-19(34-3)20(14-18)35-12-11-30(15-21(32)29-23)16-22-26-8-13-36-22/h4-6,8-9,13-14,17,23H,7,10-12,15-16H2,1-3H3,(H,28,33)(H,29,32)/t23-/m1/s1. The van der Waals surface area contributed by atoms with Gasteiger partial charge in [-0.25, -0.2) is 9.97 Å². The number of amides is 2. The Kier molecular flexibility index (Phi) is 8.55. The van der Waals surface area contributed by atoms with Gasteiger partial charge in [-0.05, 0) is 24.1 Å². The molecule has 2 aromatic heterocycles. The first-order valence-corrected chi connectivity index (χ1v) is 12.8. The van der Waals surface area contributed by atoms with E-state index >= 15 is 0 Å². The highest BCUT2D eigenvalue weighted by Crippen LogP contribution is 2.32. The quantitative estimate of drug-likeness (QED) is 0.551. The number of ether oxygens (including phenoxy) is 2. The van der Waals surface area contributed by atoms with Crippen molar-refractivity contribution in [2.75, 3.05) is 33.4 Å². The summed E-state index contributed by atoms with van der Waals surface area (Å²) in [6.07, 6.45) is 5.35.